The van der Waals surface area contributed by atoms with Gasteiger partial charge in [-0.1, -0.05) is 0 Å². The molecule has 0 unspecified atom stereocenters. The molecular formula is C6H18CuO6P2. The Hall–Kier alpha value is 1.14. The Morgan fingerprint density at radius 1 is 0.467 bits per heavy atom. The Morgan fingerprint density at radius 3 is 0.600 bits per heavy atom. The summed E-state index contributed by atoms with van der Waals surface area (Å²) in [5.74, 6) is 0. The number of hydrogen-bond donors (Lipinski definition) is 0. The SMILES string of the molecule is COP(OC)OC.COP(OC)OC.[Cu]. The molecule has 0 spiro atoms. The average Bonchev–Trinajstić information content (AvgIpc) is 2.24. The molecule has 0 heterocycles. The Bertz CT molecular complexity index is 80.6. The first-order chi connectivity index (χ1) is 6.69. The summed E-state index contributed by atoms with van der Waals surface area (Å²) in [4.78, 5) is 0. The summed E-state index contributed by atoms with van der Waals surface area (Å²) in [6.07, 6.45) is 0. The van der Waals surface area contributed by atoms with Crippen molar-refractivity contribution in [2.75, 3.05) is 42.7 Å². The van der Waals surface area contributed by atoms with Gasteiger partial charge in [0.25, 0.3) is 0 Å². The van der Waals surface area contributed by atoms with Crippen LogP contribution in [-0.4, -0.2) is 42.7 Å². The van der Waals surface area contributed by atoms with Gasteiger partial charge in [-0.2, -0.15) is 0 Å². The summed E-state index contributed by atoms with van der Waals surface area (Å²) < 4.78 is 28.0. The van der Waals surface area contributed by atoms with E-state index in [1.807, 2.05) is 0 Å². The minimum Gasteiger partial charge on any atom is -0.316 e. The van der Waals surface area contributed by atoms with E-state index in [9.17, 15) is 0 Å². The van der Waals surface area contributed by atoms with Gasteiger partial charge in [-0.25, -0.2) is 0 Å². The van der Waals surface area contributed by atoms with Crippen LogP contribution in [0.25, 0.3) is 0 Å². The maximum absolute atomic E-state index is 4.67. The first kappa shape index (κ1) is 21.4. The van der Waals surface area contributed by atoms with Crippen molar-refractivity contribution in [3.8, 4) is 0 Å². The fraction of sp³-hybridized carbons (Fsp3) is 1.00. The van der Waals surface area contributed by atoms with Gasteiger partial charge < -0.3 is 27.1 Å². The van der Waals surface area contributed by atoms with Crippen molar-refractivity contribution in [1.29, 1.82) is 0 Å². The molecule has 99 valence electrons. The Labute approximate surface area is 104 Å². The zero-order chi connectivity index (χ0) is 11.4. The van der Waals surface area contributed by atoms with Gasteiger partial charge in [0.05, 0.1) is 0 Å². The standard InChI is InChI=1S/2C3H9O3P.Cu/c2*1-4-7(5-2)6-3;/h2*1-3H3;. The molecule has 0 aliphatic heterocycles. The average molecular weight is 312 g/mol. The predicted octanol–water partition coefficient (Wildman–Crippen LogP) is 2.30. The monoisotopic (exact) mass is 311 g/mol. The fourth-order valence-corrected chi connectivity index (χ4v) is 1.34. The van der Waals surface area contributed by atoms with Crippen molar-refractivity contribution in [2.24, 2.45) is 0 Å². The van der Waals surface area contributed by atoms with Crippen LogP contribution in [0.5, 0.6) is 0 Å². The molecule has 0 aromatic carbocycles. The van der Waals surface area contributed by atoms with Crippen LogP contribution in [0.2, 0.25) is 0 Å². The van der Waals surface area contributed by atoms with Crippen LogP contribution >= 0.6 is 17.2 Å². The zero-order valence-corrected chi connectivity index (χ0v) is 12.4. The fourth-order valence-electron chi connectivity index (χ4n) is 0.447. The largest absolute Gasteiger partial charge is 0.331 e. The molecule has 0 amide bonds. The smallest absolute Gasteiger partial charge is 0.316 e. The molecule has 0 saturated carbocycles. The Balaban J connectivity index is -0.000000180. The van der Waals surface area contributed by atoms with Gasteiger partial charge >= 0.3 is 17.2 Å². The van der Waals surface area contributed by atoms with E-state index < -0.39 is 17.2 Å². The molecule has 0 aromatic rings. The second kappa shape index (κ2) is 17.5. The van der Waals surface area contributed by atoms with E-state index in [0.717, 1.165) is 0 Å². The first-order valence-corrected chi connectivity index (χ1v) is 5.74. The van der Waals surface area contributed by atoms with Crippen LogP contribution in [0.15, 0.2) is 0 Å². The summed E-state index contributed by atoms with van der Waals surface area (Å²) in [5.41, 5.74) is 0. The molecule has 0 rings (SSSR count). The molecule has 9 heteroatoms. The molecule has 6 nitrogen and oxygen atoms in total. The summed E-state index contributed by atoms with van der Waals surface area (Å²) in [5, 5.41) is 0. The molecule has 0 fully saturated rings. The summed E-state index contributed by atoms with van der Waals surface area (Å²) in [6.45, 7) is 0. The van der Waals surface area contributed by atoms with E-state index in [0.29, 0.717) is 0 Å². The van der Waals surface area contributed by atoms with Gasteiger partial charge in [0.2, 0.25) is 0 Å². The van der Waals surface area contributed by atoms with E-state index in [1.54, 1.807) is 42.7 Å². The van der Waals surface area contributed by atoms with Gasteiger partial charge in [-0.05, 0) is 0 Å². The Morgan fingerprint density at radius 2 is 0.600 bits per heavy atom. The normalized spacial score (nSPS) is 9.60. The van der Waals surface area contributed by atoms with Crippen LogP contribution in [0.3, 0.4) is 0 Å². The molecule has 0 aliphatic rings. The van der Waals surface area contributed by atoms with Crippen LogP contribution in [0, 0.1) is 0 Å². The maximum Gasteiger partial charge on any atom is 0.331 e. The third kappa shape index (κ3) is 15.1. The minimum atomic E-state index is -1.05. The predicted molar refractivity (Wildman–Crippen MR) is 55.9 cm³/mol. The van der Waals surface area contributed by atoms with Gasteiger partial charge in [0, 0.05) is 59.7 Å². The molecule has 0 N–H and O–H groups in total. The van der Waals surface area contributed by atoms with Gasteiger partial charge in [-0.15, -0.1) is 0 Å². The molecule has 0 saturated heterocycles. The first-order valence-electron chi connectivity index (χ1n) is 3.54. The summed E-state index contributed by atoms with van der Waals surface area (Å²) >= 11 is 0. The van der Waals surface area contributed by atoms with Crippen molar-refractivity contribution in [3.05, 3.63) is 0 Å². The summed E-state index contributed by atoms with van der Waals surface area (Å²) in [7, 11) is 7.13. The third-order valence-electron chi connectivity index (χ3n) is 0.894. The second-order valence-electron chi connectivity index (χ2n) is 1.54. The third-order valence-corrected chi connectivity index (χ3v) is 2.68. The van der Waals surface area contributed by atoms with Gasteiger partial charge in [0.15, 0.2) is 0 Å². The summed E-state index contributed by atoms with van der Waals surface area (Å²) in [6, 6.07) is 0. The minimum absolute atomic E-state index is 0. The van der Waals surface area contributed by atoms with E-state index in [4.69, 9.17) is 0 Å². The van der Waals surface area contributed by atoms with Gasteiger partial charge in [0.1, 0.15) is 0 Å². The van der Waals surface area contributed by atoms with E-state index in [1.165, 1.54) is 0 Å². The van der Waals surface area contributed by atoms with Crippen LogP contribution in [0.4, 0.5) is 0 Å². The van der Waals surface area contributed by atoms with Crippen molar-refractivity contribution in [1.82, 2.24) is 0 Å². The topological polar surface area (TPSA) is 55.4 Å². The second-order valence-corrected chi connectivity index (χ2v) is 4.63. The molecule has 0 aromatic heterocycles. The number of hydrogen-bond acceptors (Lipinski definition) is 6. The zero-order valence-electron chi connectivity index (χ0n) is 9.65. The Kier molecular flexibility index (Phi) is 25.0. The van der Waals surface area contributed by atoms with E-state index >= 15 is 0 Å². The van der Waals surface area contributed by atoms with Crippen LogP contribution < -0.4 is 0 Å². The van der Waals surface area contributed by atoms with Gasteiger partial charge in [-0.3, -0.25) is 0 Å². The quantitative estimate of drug-likeness (QED) is 0.554. The molecule has 1 radical (unpaired) electrons. The van der Waals surface area contributed by atoms with E-state index in [2.05, 4.69) is 27.1 Å². The van der Waals surface area contributed by atoms with Crippen LogP contribution in [-0.2, 0) is 44.2 Å². The molecule has 0 aliphatic carbocycles. The molecular weight excluding hydrogens is 294 g/mol. The van der Waals surface area contributed by atoms with Crippen molar-refractivity contribution >= 4 is 17.2 Å². The van der Waals surface area contributed by atoms with Crippen molar-refractivity contribution < 1.29 is 44.2 Å². The molecule has 0 bridgehead atoms. The van der Waals surface area contributed by atoms with Crippen molar-refractivity contribution in [2.45, 2.75) is 0 Å². The molecule has 0 atom stereocenters. The maximum atomic E-state index is 4.67. The number of rotatable bonds is 6. The van der Waals surface area contributed by atoms with Crippen LogP contribution in [0.1, 0.15) is 0 Å². The van der Waals surface area contributed by atoms with E-state index in [-0.39, 0.29) is 17.1 Å². The molecule has 15 heavy (non-hydrogen) atoms. The van der Waals surface area contributed by atoms with Crippen molar-refractivity contribution in [3.63, 3.8) is 0 Å².